The summed E-state index contributed by atoms with van der Waals surface area (Å²) < 4.78 is 33.9. The average Bonchev–Trinajstić information content (AvgIpc) is 2.51. The first kappa shape index (κ1) is 11.4. The highest BCUT2D eigenvalue weighted by atomic mass is 19.3. The van der Waals surface area contributed by atoms with Crippen molar-refractivity contribution in [1.29, 1.82) is 0 Å². The molecule has 0 aromatic heterocycles. The van der Waals surface area contributed by atoms with Crippen molar-refractivity contribution in [3.05, 3.63) is 18.2 Å². The second-order valence-electron chi connectivity index (χ2n) is 3.31. The maximum Gasteiger partial charge on any atom is 0.586 e. The molecule has 0 saturated heterocycles. The molecule has 0 fully saturated rings. The Labute approximate surface area is 95.7 Å². The van der Waals surface area contributed by atoms with Crippen molar-refractivity contribution in [2.75, 3.05) is 11.9 Å². The van der Waals surface area contributed by atoms with Gasteiger partial charge in [-0.05, 0) is 19.1 Å². The van der Waals surface area contributed by atoms with Gasteiger partial charge in [0.15, 0.2) is 11.5 Å². The van der Waals surface area contributed by atoms with Gasteiger partial charge in [0.2, 0.25) is 0 Å². The number of nitrogens with one attached hydrogen (secondary N) is 2. The number of carbonyl (C=O) groups excluding carboxylic acids is 1. The van der Waals surface area contributed by atoms with Crippen molar-refractivity contribution in [3.63, 3.8) is 0 Å². The summed E-state index contributed by atoms with van der Waals surface area (Å²) in [5.41, 5.74) is 0.344. The van der Waals surface area contributed by atoms with E-state index >= 15 is 0 Å². The molecule has 0 atom stereocenters. The molecule has 0 spiro atoms. The molecule has 0 bridgehead atoms. The number of anilines is 1. The molecule has 1 aromatic rings. The maximum absolute atomic E-state index is 12.7. The van der Waals surface area contributed by atoms with Crippen molar-refractivity contribution in [2.45, 2.75) is 13.2 Å². The lowest BCUT2D eigenvalue weighted by Crippen LogP contribution is -2.28. The highest BCUT2D eigenvalue weighted by Gasteiger charge is 2.43. The van der Waals surface area contributed by atoms with E-state index in [2.05, 4.69) is 20.1 Å². The first-order chi connectivity index (χ1) is 8.00. The highest BCUT2D eigenvalue weighted by molar-refractivity contribution is 5.89. The predicted octanol–water partition coefficient (Wildman–Crippen LogP) is 2.15. The highest BCUT2D eigenvalue weighted by Crippen LogP contribution is 2.42. The summed E-state index contributed by atoms with van der Waals surface area (Å²) in [6.07, 6.45) is -3.65. The summed E-state index contributed by atoms with van der Waals surface area (Å²) in [5.74, 6) is -0.166. The molecule has 5 nitrogen and oxygen atoms in total. The molecule has 7 heteroatoms. The Morgan fingerprint density at radius 3 is 2.76 bits per heavy atom. The smallest absolute Gasteiger partial charge is 0.395 e. The van der Waals surface area contributed by atoms with Crippen LogP contribution >= 0.6 is 0 Å². The van der Waals surface area contributed by atoms with Gasteiger partial charge in [-0.3, -0.25) is 0 Å². The number of hydrogen-bond acceptors (Lipinski definition) is 3. The molecule has 0 radical (unpaired) electrons. The van der Waals surface area contributed by atoms with E-state index in [1.54, 1.807) is 6.92 Å². The minimum atomic E-state index is -3.65. The number of urea groups is 1. The van der Waals surface area contributed by atoms with Gasteiger partial charge < -0.3 is 20.1 Å². The molecular weight excluding hydrogens is 234 g/mol. The first-order valence-electron chi connectivity index (χ1n) is 4.95. The molecule has 2 rings (SSSR count). The van der Waals surface area contributed by atoms with E-state index in [9.17, 15) is 13.6 Å². The summed E-state index contributed by atoms with van der Waals surface area (Å²) in [5, 5.41) is 4.98. The molecule has 1 aromatic carbocycles. The van der Waals surface area contributed by atoms with Gasteiger partial charge in [-0.2, -0.15) is 0 Å². The molecule has 92 valence electrons. The van der Waals surface area contributed by atoms with Crippen molar-refractivity contribution in [2.24, 2.45) is 0 Å². The van der Waals surface area contributed by atoms with Crippen LogP contribution in [0.4, 0.5) is 19.3 Å². The summed E-state index contributed by atoms with van der Waals surface area (Å²) in [6, 6.07) is 3.60. The van der Waals surface area contributed by atoms with Gasteiger partial charge in [-0.1, -0.05) is 0 Å². The van der Waals surface area contributed by atoms with Crippen LogP contribution < -0.4 is 20.1 Å². The third-order valence-electron chi connectivity index (χ3n) is 2.00. The summed E-state index contributed by atoms with van der Waals surface area (Å²) in [6.45, 7) is 2.23. The third-order valence-corrected chi connectivity index (χ3v) is 2.00. The lowest BCUT2D eigenvalue weighted by molar-refractivity contribution is -0.286. The fourth-order valence-corrected chi connectivity index (χ4v) is 1.36. The fraction of sp³-hybridized carbons (Fsp3) is 0.300. The number of amides is 2. The van der Waals surface area contributed by atoms with E-state index < -0.39 is 12.3 Å². The SMILES string of the molecule is CCNC(=O)Nc1ccc2c(c1)OC(F)(F)O2. The number of rotatable bonds is 2. The predicted molar refractivity (Wildman–Crippen MR) is 55.3 cm³/mol. The van der Waals surface area contributed by atoms with E-state index in [-0.39, 0.29) is 11.5 Å². The van der Waals surface area contributed by atoms with Gasteiger partial charge in [-0.15, -0.1) is 8.78 Å². The maximum atomic E-state index is 12.7. The lowest BCUT2D eigenvalue weighted by atomic mass is 10.3. The van der Waals surface area contributed by atoms with E-state index in [1.165, 1.54) is 18.2 Å². The molecule has 1 aliphatic rings. The third kappa shape index (κ3) is 2.55. The first-order valence-corrected chi connectivity index (χ1v) is 4.95. The van der Waals surface area contributed by atoms with E-state index in [0.29, 0.717) is 12.2 Å². The molecule has 1 heterocycles. The molecule has 1 aliphatic heterocycles. The largest absolute Gasteiger partial charge is 0.586 e. The van der Waals surface area contributed by atoms with Crippen LogP contribution in [-0.4, -0.2) is 18.9 Å². The average molecular weight is 244 g/mol. The molecule has 2 amide bonds. The number of fused-ring (bicyclic) bond motifs is 1. The lowest BCUT2D eigenvalue weighted by Gasteiger charge is -2.06. The minimum Gasteiger partial charge on any atom is -0.395 e. The standard InChI is InChI=1S/C10H10F2N2O3/c1-2-13-9(15)14-6-3-4-7-8(5-6)17-10(11,12)16-7/h3-5H,2H2,1H3,(H2,13,14,15). The van der Waals surface area contributed by atoms with Crippen LogP contribution in [0, 0.1) is 0 Å². The van der Waals surface area contributed by atoms with E-state index in [4.69, 9.17) is 0 Å². The van der Waals surface area contributed by atoms with Crippen LogP contribution in [0.3, 0.4) is 0 Å². The van der Waals surface area contributed by atoms with Gasteiger partial charge >= 0.3 is 12.3 Å². The van der Waals surface area contributed by atoms with E-state index in [0.717, 1.165) is 0 Å². The Kier molecular flexibility index (Phi) is 2.74. The van der Waals surface area contributed by atoms with E-state index in [1.807, 2.05) is 0 Å². The van der Waals surface area contributed by atoms with Crippen molar-refractivity contribution in [3.8, 4) is 11.5 Å². The molecule has 2 N–H and O–H groups in total. The second-order valence-corrected chi connectivity index (χ2v) is 3.31. The fourth-order valence-electron chi connectivity index (χ4n) is 1.36. The monoisotopic (exact) mass is 244 g/mol. The molecule has 0 saturated carbocycles. The van der Waals surface area contributed by atoms with Gasteiger partial charge in [0, 0.05) is 18.3 Å². The summed E-state index contributed by atoms with van der Waals surface area (Å²) in [4.78, 5) is 11.2. The van der Waals surface area contributed by atoms with Gasteiger partial charge in [0.05, 0.1) is 0 Å². The molecule has 0 aliphatic carbocycles. The molecule has 17 heavy (non-hydrogen) atoms. The zero-order chi connectivity index (χ0) is 12.5. The molecular formula is C10H10F2N2O3. The topological polar surface area (TPSA) is 59.6 Å². The molecule has 0 unspecified atom stereocenters. The van der Waals surface area contributed by atoms with Gasteiger partial charge in [0.1, 0.15) is 0 Å². The number of ether oxygens (including phenoxy) is 2. The second kappa shape index (κ2) is 4.08. The Bertz CT molecular complexity index is 451. The normalized spacial score (nSPS) is 15.5. The zero-order valence-electron chi connectivity index (χ0n) is 8.92. The van der Waals surface area contributed by atoms with Gasteiger partial charge in [-0.25, -0.2) is 4.79 Å². The Balaban J connectivity index is 2.11. The number of halogens is 2. The van der Waals surface area contributed by atoms with Crippen LogP contribution in [0.15, 0.2) is 18.2 Å². The van der Waals surface area contributed by atoms with Crippen molar-refractivity contribution >= 4 is 11.7 Å². The summed E-state index contributed by atoms with van der Waals surface area (Å²) >= 11 is 0. The van der Waals surface area contributed by atoms with Crippen molar-refractivity contribution in [1.82, 2.24) is 5.32 Å². The summed E-state index contributed by atoms with van der Waals surface area (Å²) in [7, 11) is 0. The number of alkyl halides is 2. The van der Waals surface area contributed by atoms with Crippen LogP contribution in [0.25, 0.3) is 0 Å². The minimum absolute atomic E-state index is 0.0588. The van der Waals surface area contributed by atoms with Crippen LogP contribution in [0.2, 0.25) is 0 Å². The Hall–Kier alpha value is -2.05. The Morgan fingerprint density at radius 2 is 2.06 bits per heavy atom. The zero-order valence-corrected chi connectivity index (χ0v) is 8.92. The number of benzene rings is 1. The van der Waals surface area contributed by atoms with Crippen LogP contribution in [-0.2, 0) is 0 Å². The number of hydrogen-bond donors (Lipinski definition) is 2. The van der Waals surface area contributed by atoms with Crippen molar-refractivity contribution < 1.29 is 23.0 Å². The van der Waals surface area contributed by atoms with Crippen LogP contribution in [0.1, 0.15) is 6.92 Å². The van der Waals surface area contributed by atoms with Gasteiger partial charge in [0.25, 0.3) is 0 Å². The quantitative estimate of drug-likeness (QED) is 0.838. The van der Waals surface area contributed by atoms with Crippen LogP contribution in [0.5, 0.6) is 11.5 Å². The Morgan fingerprint density at radius 1 is 1.35 bits per heavy atom. The number of carbonyl (C=O) groups is 1.